The molecule has 0 aromatic carbocycles. The molecule has 0 aliphatic carbocycles. The first-order valence-corrected chi connectivity index (χ1v) is 6.90. The fraction of sp³-hybridized carbons (Fsp3) is 0.615. The van der Waals surface area contributed by atoms with Crippen LogP contribution in [0.2, 0.25) is 0 Å². The van der Waals surface area contributed by atoms with Crippen LogP contribution in [0.5, 0.6) is 0 Å². The van der Waals surface area contributed by atoms with Gasteiger partial charge in [-0.2, -0.15) is 0 Å². The van der Waals surface area contributed by atoms with Crippen molar-refractivity contribution in [3.63, 3.8) is 0 Å². The molecule has 8 heteroatoms. The molecule has 0 aliphatic heterocycles. The lowest BCUT2D eigenvalue weighted by Crippen LogP contribution is -2.39. The summed E-state index contributed by atoms with van der Waals surface area (Å²) in [5.74, 6) is 0. The molecule has 2 aromatic rings. The monoisotopic (exact) mass is 295 g/mol. The van der Waals surface area contributed by atoms with Gasteiger partial charge in [0, 0.05) is 26.7 Å². The van der Waals surface area contributed by atoms with Crippen molar-refractivity contribution < 1.29 is 4.74 Å². The Labute approximate surface area is 121 Å². The molecule has 0 fully saturated rings. The normalized spacial score (nSPS) is 13.0. The number of methoxy groups -OCH3 is 1. The van der Waals surface area contributed by atoms with Gasteiger partial charge < -0.3 is 15.0 Å². The van der Waals surface area contributed by atoms with Crippen LogP contribution in [-0.4, -0.2) is 38.4 Å². The maximum atomic E-state index is 12.3. The standard InChI is InChI=1S/C13H21N5O3/c1-4-9(14)7-17-8-15-11-10(17)12(19)16(2)13(20)18(11)5-6-21-3/h8-9H,4-7,14H2,1-3H3. The van der Waals surface area contributed by atoms with E-state index in [9.17, 15) is 9.59 Å². The van der Waals surface area contributed by atoms with Crippen LogP contribution in [0.1, 0.15) is 13.3 Å². The zero-order valence-electron chi connectivity index (χ0n) is 12.6. The molecule has 0 spiro atoms. The number of nitrogens with two attached hydrogens (primary N) is 1. The predicted molar refractivity (Wildman–Crippen MR) is 79.4 cm³/mol. The van der Waals surface area contributed by atoms with Crippen molar-refractivity contribution in [2.75, 3.05) is 13.7 Å². The van der Waals surface area contributed by atoms with E-state index < -0.39 is 5.69 Å². The van der Waals surface area contributed by atoms with Crippen molar-refractivity contribution in [3.05, 3.63) is 27.2 Å². The summed E-state index contributed by atoms with van der Waals surface area (Å²) in [7, 11) is 3.02. The van der Waals surface area contributed by atoms with E-state index in [1.807, 2.05) is 6.92 Å². The summed E-state index contributed by atoms with van der Waals surface area (Å²) in [5, 5.41) is 0. The molecule has 0 radical (unpaired) electrons. The van der Waals surface area contributed by atoms with Crippen LogP contribution < -0.4 is 17.0 Å². The van der Waals surface area contributed by atoms with Crippen molar-refractivity contribution >= 4 is 11.2 Å². The Morgan fingerprint density at radius 3 is 2.76 bits per heavy atom. The van der Waals surface area contributed by atoms with E-state index in [0.29, 0.717) is 30.9 Å². The van der Waals surface area contributed by atoms with E-state index in [-0.39, 0.29) is 11.6 Å². The SMILES string of the molecule is CCC(N)Cn1cnc2c1c(=O)n(C)c(=O)n2CCOC. The molecule has 2 rings (SSSR count). The van der Waals surface area contributed by atoms with Crippen molar-refractivity contribution in [2.24, 2.45) is 12.8 Å². The summed E-state index contributed by atoms with van der Waals surface area (Å²) in [6, 6.07) is -0.0635. The number of hydrogen-bond donors (Lipinski definition) is 1. The van der Waals surface area contributed by atoms with Gasteiger partial charge in [0.1, 0.15) is 0 Å². The van der Waals surface area contributed by atoms with Crippen molar-refractivity contribution in [1.29, 1.82) is 0 Å². The highest BCUT2D eigenvalue weighted by Gasteiger charge is 2.16. The van der Waals surface area contributed by atoms with Crippen LogP contribution in [0.15, 0.2) is 15.9 Å². The topological polar surface area (TPSA) is 97.1 Å². The minimum atomic E-state index is -0.394. The number of fused-ring (bicyclic) bond motifs is 1. The van der Waals surface area contributed by atoms with Crippen molar-refractivity contribution in [3.8, 4) is 0 Å². The van der Waals surface area contributed by atoms with Gasteiger partial charge in [0.05, 0.1) is 19.5 Å². The number of aromatic nitrogens is 4. The van der Waals surface area contributed by atoms with Gasteiger partial charge in [0.15, 0.2) is 11.2 Å². The number of rotatable bonds is 6. The molecule has 0 bridgehead atoms. The Morgan fingerprint density at radius 2 is 2.14 bits per heavy atom. The number of imidazole rings is 1. The summed E-state index contributed by atoms with van der Waals surface area (Å²) in [4.78, 5) is 28.8. The third kappa shape index (κ3) is 2.77. The van der Waals surface area contributed by atoms with Gasteiger partial charge in [0.2, 0.25) is 0 Å². The lowest BCUT2D eigenvalue weighted by molar-refractivity contribution is 0.186. The Bertz CT molecular complexity index is 743. The second-order valence-electron chi connectivity index (χ2n) is 5.03. The average molecular weight is 295 g/mol. The molecule has 2 N–H and O–H groups in total. The molecular weight excluding hydrogens is 274 g/mol. The van der Waals surface area contributed by atoms with Crippen LogP contribution in [-0.2, 0) is 24.9 Å². The predicted octanol–water partition coefficient (Wildman–Crippen LogP) is -0.720. The van der Waals surface area contributed by atoms with E-state index in [0.717, 1.165) is 11.0 Å². The molecule has 0 aliphatic rings. The Kier molecular flexibility index (Phi) is 4.59. The zero-order chi connectivity index (χ0) is 15.6. The highest BCUT2D eigenvalue weighted by Crippen LogP contribution is 2.08. The van der Waals surface area contributed by atoms with Crippen LogP contribution in [0.4, 0.5) is 0 Å². The highest BCUT2D eigenvalue weighted by molar-refractivity contribution is 5.70. The minimum absolute atomic E-state index is 0.0635. The van der Waals surface area contributed by atoms with Gasteiger partial charge in [-0.3, -0.25) is 13.9 Å². The third-order valence-electron chi connectivity index (χ3n) is 3.57. The van der Waals surface area contributed by atoms with Gasteiger partial charge in [-0.05, 0) is 6.42 Å². The number of hydrogen-bond acceptors (Lipinski definition) is 5. The van der Waals surface area contributed by atoms with Crippen LogP contribution in [0.3, 0.4) is 0 Å². The summed E-state index contributed by atoms with van der Waals surface area (Å²) < 4.78 is 9.27. The van der Waals surface area contributed by atoms with Crippen molar-refractivity contribution in [2.45, 2.75) is 32.5 Å². The Balaban J connectivity index is 2.65. The number of ether oxygens (including phenoxy) is 1. The smallest absolute Gasteiger partial charge is 0.332 e. The first-order valence-electron chi connectivity index (χ1n) is 6.90. The fourth-order valence-corrected chi connectivity index (χ4v) is 2.21. The van der Waals surface area contributed by atoms with E-state index in [4.69, 9.17) is 10.5 Å². The molecule has 0 saturated carbocycles. The van der Waals surface area contributed by atoms with Gasteiger partial charge in [-0.15, -0.1) is 0 Å². The number of nitrogens with zero attached hydrogens (tertiary/aromatic N) is 4. The van der Waals surface area contributed by atoms with Gasteiger partial charge in [-0.1, -0.05) is 6.92 Å². The van der Waals surface area contributed by atoms with E-state index >= 15 is 0 Å². The minimum Gasteiger partial charge on any atom is -0.383 e. The Morgan fingerprint density at radius 1 is 1.43 bits per heavy atom. The molecular formula is C13H21N5O3. The van der Waals surface area contributed by atoms with E-state index in [1.54, 1.807) is 18.0 Å². The molecule has 0 saturated heterocycles. The quantitative estimate of drug-likeness (QED) is 0.758. The molecule has 1 unspecified atom stereocenters. The van der Waals surface area contributed by atoms with Gasteiger partial charge in [0.25, 0.3) is 5.56 Å². The van der Waals surface area contributed by atoms with Gasteiger partial charge >= 0.3 is 5.69 Å². The van der Waals surface area contributed by atoms with Crippen LogP contribution in [0.25, 0.3) is 11.2 Å². The van der Waals surface area contributed by atoms with Crippen LogP contribution >= 0.6 is 0 Å². The molecule has 21 heavy (non-hydrogen) atoms. The van der Waals surface area contributed by atoms with Gasteiger partial charge in [-0.25, -0.2) is 9.78 Å². The van der Waals surface area contributed by atoms with Crippen LogP contribution in [0, 0.1) is 0 Å². The molecule has 8 nitrogen and oxygen atoms in total. The largest absolute Gasteiger partial charge is 0.383 e. The zero-order valence-corrected chi connectivity index (χ0v) is 12.6. The molecule has 116 valence electrons. The molecule has 1 atom stereocenters. The first kappa shape index (κ1) is 15.5. The van der Waals surface area contributed by atoms with Crippen molar-refractivity contribution in [1.82, 2.24) is 18.7 Å². The van der Waals surface area contributed by atoms with E-state index in [2.05, 4.69) is 4.98 Å². The third-order valence-corrected chi connectivity index (χ3v) is 3.57. The first-order chi connectivity index (χ1) is 10.0. The second-order valence-corrected chi connectivity index (χ2v) is 5.03. The lowest BCUT2D eigenvalue weighted by Gasteiger charge is -2.12. The fourth-order valence-electron chi connectivity index (χ4n) is 2.21. The highest BCUT2D eigenvalue weighted by atomic mass is 16.5. The Hall–Kier alpha value is -1.93. The average Bonchev–Trinajstić information content (AvgIpc) is 2.88. The maximum Gasteiger partial charge on any atom is 0.332 e. The molecule has 2 heterocycles. The summed E-state index contributed by atoms with van der Waals surface area (Å²) in [5.41, 5.74) is 5.97. The van der Waals surface area contributed by atoms with E-state index in [1.165, 1.54) is 11.6 Å². The summed E-state index contributed by atoms with van der Waals surface area (Å²) in [6.07, 6.45) is 2.35. The second kappa shape index (κ2) is 6.23. The molecule has 2 aromatic heterocycles. The molecule has 0 amide bonds. The summed E-state index contributed by atoms with van der Waals surface area (Å²) >= 11 is 0. The maximum absolute atomic E-state index is 12.3. The lowest BCUT2D eigenvalue weighted by atomic mass is 10.2. The summed E-state index contributed by atoms with van der Waals surface area (Å²) in [6.45, 7) is 3.19.